The Hall–Kier alpha value is -2.95. The fourth-order valence-electron chi connectivity index (χ4n) is 3.71. The standard InChI is InChI=1S/C22H23N5OS/c1-15(2)27-19(8-10-24-27)21(28)25-22-18(12-23)17-9-11-26(14-20(17)29-22)13-16-6-4-3-5-7-16/h3-8,10,15H,9,11,13-14H2,1-2H3,(H,25,28). The maximum absolute atomic E-state index is 12.8. The van der Waals surface area contributed by atoms with Gasteiger partial charge in [0.15, 0.2) is 0 Å². The molecule has 29 heavy (non-hydrogen) atoms. The van der Waals surface area contributed by atoms with Crippen LogP contribution >= 0.6 is 11.3 Å². The SMILES string of the molecule is CC(C)n1nccc1C(=O)Nc1sc2c(c1C#N)CCN(Cc1ccccc1)C2. The van der Waals surface area contributed by atoms with Gasteiger partial charge >= 0.3 is 0 Å². The largest absolute Gasteiger partial charge is 0.311 e. The quantitative estimate of drug-likeness (QED) is 0.690. The lowest BCUT2D eigenvalue weighted by Gasteiger charge is -2.26. The first kappa shape index (κ1) is 19.4. The van der Waals surface area contributed by atoms with Gasteiger partial charge in [0, 0.05) is 36.8 Å². The predicted octanol–water partition coefficient (Wildman–Crippen LogP) is 4.21. The van der Waals surface area contributed by atoms with Crippen LogP contribution in [-0.4, -0.2) is 27.1 Å². The zero-order chi connectivity index (χ0) is 20.4. The summed E-state index contributed by atoms with van der Waals surface area (Å²) >= 11 is 1.51. The summed E-state index contributed by atoms with van der Waals surface area (Å²) in [5.41, 5.74) is 3.47. The van der Waals surface area contributed by atoms with E-state index in [4.69, 9.17) is 0 Å². The summed E-state index contributed by atoms with van der Waals surface area (Å²) in [4.78, 5) is 16.3. The zero-order valence-corrected chi connectivity index (χ0v) is 17.4. The third kappa shape index (κ3) is 3.95. The smallest absolute Gasteiger partial charge is 0.274 e. The third-order valence-corrected chi connectivity index (χ3v) is 6.25. The van der Waals surface area contributed by atoms with Gasteiger partial charge in [-0.25, -0.2) is 0 Å². The molecule has 2 aromatic heterocycles. The second-order valence-electron chi connectivity index (χ2n) is 7.47. The molecule has 1 amide bonds. The highest BCUT2D eigenvalue weighted by Gasteiger charge is 2.26. The van der Waals surface area contributed by atoms with Gasteiger partial charge in [-0.2, -0.15) is 10.4 Å². The highest BCUT2D eigenvalue weighted by molar-refractivity contribution is 7.16. The Balaban J connectivity index is 1.54. The number of rotatable bonds is 5. The van der Waals surface area contributed by atoms with Gasteiger partial charge in [0.2, 0.25) is 0 Å². The fraction of sp³-hybridized carbons (Fsp3) is 0.318. The molecule has 0 saturated heterocycles. The maximum atomic E-state index is 12.8. The molecule has 1 N–H and O–H groups in total. The first-order valence-corrected chi connectivity index (χ1v) is 10.5. The van der Waals surface area contributed by atoms with Crippen LogP contribution in [0.25, 0.3) is 0 Å². The maximum Gasteiger partial charge on any atom is 0.274 e. The number of thiophene rings is 1. The van der Waals surface area contributed by atoms with Gasteiger partial charge in [-0.1, -0.05) is 30.3 Å². The lowest BCUT2D eigenvalue weighted by atomic mass is 10.0. The summed E-state index contributed by atoms with van der Waals surface area (Å²) < 4.78 is 1.69. The van der Waals surface area contributed by atoms with Gasteiger partial charge in [-0.15, -0.1) is 11.3 Å². The van der Waals surface area contributed by atoms with E-state index in [9.17, 15) is 10.1 Å². The number of hydrogen-bond donors (Lipinski definition) is 1. The van der Waals surface area contributed by atoms with Crippen molar-refractivity contribution in [2.75, 3.05) is 11.9 Å². The summed E-state index contributed by atoms with van der Waals surface area (Å²) in [5.74, 6) is -0.229. The number of nitrogens with one attached hydrogen (secondary N) is 1. The molecule has 0 aliphatic carbocycles. The van der Waals surface area contributed by atoms with Crippen LogP contribution in [0.2, 0.25) is 0 Å². The number of aromatic nitrogens is 2. The van der Waals surface area contributed by atoms with E-state index in [1.165, 1.54) is 16.9 Å². The number of fused-ring (bicyclic) bond motifs is 1. The van der Waals surface area contributed by atoms with Crippen molar-refractivity contribution in [3.05, 3.63) is 69.9 Å². The number of hydrogen-bond acceptors (Lipinski definition) is 5. The van der Waals surface area contributed by atoms with E-state index in [0.29, 0.717) is 16.3 Å². The Morgan fingerprint density at radius 3 is 2.83 bits per heavy atom. The van der Waals surface area contributed by atoms with Crippen molar-refractivity contribution in [2.24, 2.45) is 0 Å². The van der Waals surface area contributed by atoms with Crippen LogP contribution < -0.4 is 5.32 Å². The minimum Gasteiger partial charge on any atom is -0.311 e. The third-order valence-electron chi connectivity index (χ3n) is 5.12. The van der Waals surface area contributed by atoms with E-state index in [1.807, 2.05) is 19.9 Å². The van der Waals surface area contributed by atoms with Gasteiger partial charge in [-0.05, 0) is 37.5 Å². The van der Waals surface area contributed by atoms with Gasteiger partial charge in [0.05, 0.1) is 5.56 Å². The zero-order valence-electron chi connectivity index (χ0n) is 16.6. The molecule has 3 aromatic rings. The molecule has 1 aliphatic rings. The molecule has 6 nitrogen and oxygen atoms in total. The highest BCUT2D eigenvalue weighted by Crippen LogP contribution is 2.37. The number of amides is 1. The first-order valence-electron chi connectivity index (χ1n) is 9.72. The molecule has 7 heteroatoms. The van der Waals surface area contributed by atoms with Crippen LogP contribution in [0, 0.1) is 11.3 Å². The Morgan fingerprint density at radius 1 is 1.31 bits per heavy atom. The molecule has 0 fully saturated rings. The first-order chi connectivity index (χ1) is 14.1. The van der Waals surface area contributed by atoms with E-state index in [0.717, 1.165) is 36.5 Å². The van der Waals surface area contributed by atoms with Crippen LogP contribution in [0.1, 0.15) is 51.9 Å². The Kier molecular flexibility index (Phi) is 5.47. The van der Waals surface area contributed by atoms with Crippen molar-refractivity contribution < 1.29 is 4.79 Å². The average Bonchev–Trinajstić information content (AvgIpc) is 3.33. The Bertz CT molecular complexity index is 1060. The molecule has 1 aromatic carbocycles. The number of benzene rings is 1. The predicted molar refractivity (Wildman–Crippen MR) is 114 cm³/mol. The number of nitriles is 1. The van der Waals surface area contributed by atoms with Crippen LogP contribution in [-0.2, 0) is 19.5 Å². The molecule has 148 valence electrons. The summed E-state index contributed by atoms with van der Waals surface area (Å²) in [5, 5.41) is 17.5. The summed E-state index contributed by atoms with van der Waals surface area (Å²) in [6.45, 7) is 6.55. The average molecular weight is 406 g/mol. The van der Waals surface area contributed by atoms with Crippen molar-refractivity contribution in [3.8, 4) is 6.07 Å². The van der Waals surface area contributed by atoms with E-state index in [-0.39, 0.29) is 11.9 Å². The molecule has 0 atom stereocenters. The van der Waals surface area contributed by atoms with Crippen molar-refractivity contribution >= 4 is 22.2 Å². The molecule has 0 bridgehead atoms. The lowest BCUT2D eigenvalue weighted by molar-refractivity contribution is 0.101. The topological polar surface area (TPSA) is 74.0 Å². The van der Waals surface area contributed by atoms with Crippen molar-refractivity contribution in [3.63, 3.8) is 0 Å². The molecule has 4 rings (SSSR count). The normalized spacial score (nSPS) is 13.9. The van der Waals surface area contributed by atoms with Gasteiger partial charge in [0.1, 0.15) is 16.8 Å². The van der Waals surface area contributed by atoms with Crippen LogP contribution in [0.4, 0.5) is 5.00 Å². The molecule has 0 spiro atoms. The molecular formula is C22H23N5OS. The van der Waals surface area contributed by atoms with Crippen LogP contribution in [0.15, 0.2) is 42.6 Å². The van der Waals surface area contributed by atoms with Crippen LogP contribution in [0.5, 0.6) is 0 Å². The van der Waals surface area contributed by atoms with Gasteiger partial charge in [0.25, 0.3) is 5.91 Å². The second-order valence-corrected chi connectivity index (χ2v) is 8.58. The van der Waals surface area contributed by atoms with E-state index < -0.39 is 0 Å². The highest BCUT2D eigenvalue weighted by atomic mass is 32.1. The van der Waals surface area contributed by atoms with E-state index in [2.05, 4.69) is 45.7 Å². The molecule has 0 radical (unpaired) electrons. The van der Waals surface area contributed by atoms with E-state index >= 15 is 0 Å². The monoisotopic (exact) mass is 405 g/mol. The van der Waals surface area contributed by atoms with Crippen LogP contribution in [0.3, 0.4) is 0 Å². The van der Waals surface area contributed by atoms with Gasteiger partial charge in [-0.3, -0.25) is 14.4 Å². The molecule has 0 saturated carbocycles. The summed E-state index contributed by atoms with van der Waals surface area (Å²) in [6.07, 6.45) is 2.45. The molecule has 1 aliphatic heterocycles. The number of carbonyl (C=O) groups excluding carboxylic acids is 1. The second kappa shape index (κ2) is 8.19. The van der Waals surface area contributed by atoms with Crippen molar-refractivity contribution in [1.29, 1.82) is 5.26 Å². The Morgan fingerprint density at radius 2 is 2.10 bits per heavy atom. The van der Waals surface area contributed by atoms with E-state index in [1.54, 1.807) is 16.9 Å². The molecule has 0 unspecified atom stereocenters. The van der Waals surface area contributed by atoms with Crippen molar-refractivity contribution in [1.82, 2.24) is 14.7 Å². The number of carbonyl (C=O) groups is 1. The molecule has 3 heterocycles. The number of nitrogens with zero attached hydrogens (tertiary/aromatic N) is 4. The minimum atomic E-state index is -0.229. The summed E-state index contributed by atoms with van der Waals surface area (Å²) in [6, 6.07) is 14.5. The molecular weight excluding hydrogens is 382 g/mol. The van der Waals surface area contributed by atoms with Crippen molar-refractivity contribution in [2.45, 2.75) is 39.4 Å². The van der Waals surface area contributed by atoms with Gasteiger partial charge < -0.3 is 5.32 Å². The minimum absolute atomic E-state index is 0.0873. The summed E-state index contributed by atoms with van der Waals surface area (Å²) in [7, 11) is 0. The Labute approximate surface area is 174 Å². The number of anilines is 1. The fourth-order valence-corrected chi connectivity index (χ4v) is 4.95. The lowest BCUT2D eigenvalue weighted by Crippen LogP contribution is -2.29.